The van der Waals surface area contributed by atoms with Gasteiger partial charge in [-0.2, -0.15) is 0 Å². The van der Waals surface area contributed by atoms with Crippen LogP contribution < -0.4 is 10.6 Å². The number of oxime groups is 1. The molecule has 2 N–H and O–H groups in total. The summed E-state index contributed by atoms with van der Waals surface area (Å²) in [6.07, 6.45) is 2.59. The Bertz CT molecular complexity index is 1690. The summed E-state index contributed by atoms with van der Waals surface area (Å²) in [6.45, 7) is 5.02. The van der Waals surface area contributed by atoms with Gasteiger partial charge in [0.05, 0.1) is 0 Å². The standard InChI is InChI=1S/C35H39N7O6S2/c1-3-18-48-39-28(27-21-49-34(37-27)36-23-43)31(44)38-29-32(45)42-19-24(20-47-35(46)41-16-14-40(2)15-17-41)22-50(33(29)42)30(25-10-6-4-7-11-25)26-12-8-5-9-13-26/h4-13,19,21,23,29-30,33H,3,14-18,20,22H2,1-2H3,(H-,36,37,38,43,44)/p+1/t29?,33-,50?/m1/s1. The molecular formula is C35H40N7O6S2+. The van der Waals surface area contributed by atoms with Crippen molar-refractivity contribution < 1.29 is 28.8 Å². The highest BCUT2D eigenvalue weighted by molar-refractivity contribution is 7.98. The zero-order valence-electron chi connectivity index (χ0n) is 27.9. The van der Waals surface area contributed by atoms with Crippen LogP contribution in [0, 0.1) is 0 Å². The van der Waals surface area contributed by atoms with E-state index in [0.717, 1.165) is 41.1 Å². The van der Waals surface area contributed by atoms with Crippen LogP contribution in [0.25, 0.3) is 0 Å². The van der Waals surface area contributed by atoms with Gasteiger partial charge < -0.3 is 30.0 Å². The molecule has 3 aromatic rings. The molecule has 0 aliphatic carbocycles. The SMILES string of the molecule is CCCON=C(C(=O)NC1C(=O)N2C=C(COC(=O)N3CCN(C)CC3)C[S+](C(c3ccccc3)c3ccccc3)[C@H]12)c1csc(NC=O)n1. The smallest absolute Gasteiger partial charge is 0.410 e. The lowest BCUT2D eigenvalue weighted by Gasteiger charge is -2.47. The highest BCUT2D eigenvalue weighted by atomic mass is 32.2. The normalized spacial score (nSPS) is 20.8. The number of aromatic nitrogens is 1. The Balaban J connectivity index is 1.29. The summed E-state index contributed by atoms with van der Waals surface area (Å²) in [5.74, 6) is -0.338. The van der Waals surface area contributed by atoms with Crippen molar-refractivity contribution in [3.05, 3.63) is 94.6 Å². The van der Waals surface area contributed by atoms with Gasteiger partial charge in [-0.3, -0.25) is 19.3 Å². The van der Waals surface area contributed by atoms with Crippen LogP contribution in [0.3, 0.4) is 0 Å². The molecule has 4 amide bonds. The average molecular weight is 719 g/mol. The third-order valence-corrected chi connectivity index (χ3v) is 12.3. The first-order valence-corrected chi connectivity index (χ1v) is 18.8. The van der Waals surface area contributed by atoms with E-state index in [1.807, 2.05) is 50.4 Å². The first-order valence-electron chi connectivity index (χ1n) is 16.4. The number of benzene rings is 2. The largest absolute Gasteiger partial charge is 0.445 e. The highest BCUT2D eigenvalue weighted by Crippen LogP contribution is 2.44. The first kappa shape index (κ1) is 35.1. The predicted molar refractivity (Wildman–Crippen MR) is 193 cm³/mol. The lowest BCUT2D eigenvalue weighted by atomic mass is 10.0. The van der Waals surface area contributed by atoms with E-state index in [1.165, 1.54) is 0 Å². The Kier molecular flexibility index (Phi) is 11.5. The Morgan fingerprint density at radius 1 is 1.08 bits per heavy atom. The Morgan fingerprint density at radius 2 is 1.76 bits per heavy atom. The maximum absolute atomic E-state index is 13.9. The van der Waals surface area contributed by atoms with Gasteiger partial charge in [0.2, 0.25) is 11.8 Å². The van der Waals surface area contributed by atoms with Crippen LogP contribution >= 0.6 is 11.3 Å². The second kappa shape index (κ2) is 16.3. The van der Waals surface area contributed by atoms with E-state index in [4.69, 9.17) is 9.57 Å². The molecule has 2 unspecified atom stereocenters. The summed E-state index contributed by atoms with van der Waals surface area (Å²) in [6, 6.07) is 19.4. The van der Waals surface area contributed by atoms with E-state index < -0.39 is 22.8 Å². The number of carbonyl (C=O) groups is 4. The van der Waals surface area contributed by atoms with Crippen molar-refractivity contribution >= 4 is 57.4 Å². The Hall–Kier alpha value is -4.73. The number of nitrogens with zero attached hydrogens (tertiary/aromatic N) is 5. The summed E-state index contributed by atoms with van der Waals surface area (Å²) < 4.78 is 5.81. The molecule has 0 saturated carbocycles. The van der Waals surface area contributed by atoms with Crippen molar-refractivity contribution in [1.29, 1.82) is 0 Å². The van der Waals surface area contributed by atoms with Crippen LogP contribution in [-0.4, -0.2) is 113 Å². The van der Waals surface area contributed by atoms with Crippen LogP contribution in [0.5, 0.6) is 0 Å². The average Bonchev–Trinajstić information content (AvgIpc) is 3.60. The molecule has 3 aliphatic heterocycles. The number of hydrogen-bond acceptors (Lipinski definition) is 10. The molecule has 4 heterocycles. The van der Waals surface area contributed by atoms with Gasteiger partial charge in [0.25, 0.3) is 11.8 Å². The van der Waals surface area contributed by atoms with E-state index in [1.54, 1.807) is 21.4 Å². The maximum Gasteiger partial charge on any atom is 0.410 e. The zero-order valence-corrected chi connectivity index (χ0v) is 29.5. The monoisotopic (exact) mass is 718 g/mol. The van der Waals surface area contributed by atoms with Gasteiger partial charge in [-0.1, -0.05) is 72.7 Å². The van der Waals surface area contributed by atoms with Gasteiger partial charge in [-0.05, 0) is 13.5 Å². The van der Waals surface area contributed by atoms with Gasteiger partial charge in [0, 0.05) is 65.4 Å². The topological polar surface area (TPSA) is 146 Å². The molecule has 3 atom stereocenters. The van der Waals surface area contributed by atoms with Crippen LogP contribution in [0.1, 0.15) is 35.4 Å². The number of hydrogen-bond donors (Lipinski definition) is 2. The lowest BCUT2D eigenvalue weighted by molar-refractivity contribution is -0.144. The second-order valence-corrected chi connectivity index (χ2v) is 15.1. The van der Waals surface area contributed by atoms with Gasteiger partial charge in [0.15, 0.2) is 22.1 Å². The third kappa shape index (κ3) is 7.85. The molecule has 15 heteroatoms. The van der Waals surface area contributed by atoms with Crippen molar-refractivity contribution in [3.8, 4) is 0 Å². The fourth-order valence-corrected chi connectivity index (χ4v) is 9.92. The zero-order chi connectivity index (χ0) is 35.0. The van der Waals surface area contributed by atoms with Crippen LogP contribution in [-0.2, 0) is 34.9 Å². The molecule has 2 aromatic carbocycles. The summed E-state index contributed by atoms with van der Waals surface area (Å²) in [5, 5.41) is 10.9. The fourth-order valence-electron chi connectivity index (χ4n) is 6.06. The molecule has 50 heavy (non-hydrogen) atoms. The Labute approximate surface area is 297 Å². The molecule has 2 saturated heterocycles. The maximum atomic E-state index is 13.9. The number of fused-ring (bicyclic) bond motifs is 1. The van der Waals surface area contributed by atoms with Crippen molar-refractivity contribution in [2.75, 3.05) is 57.5 Å². The summed E-state index contributed by atoms with van der Waals surface area (Å²) in [5.41, 5.74) is 3.11. The molecular weight excluding hydrogens is 679 g/mol. The van der Waals surface area contributed by atoms with E-state index in [9.17, 15) is 19.2 Å². The molecule has 0 bridgehead atoms. The molecule has 2 fully saturated rings. The van der Waals surface area contributed by atoms with E-state index in [-0.39, 0.29) is 47.2 Å². The molecule has 6 rings (SSSR count). The van der Waals surface area contributed by atoms with E-state index in [0.29, 0.717) is 36.8 Å². The predicted octanol–water partition coefficient (Wildman–Crippen LogP) is 3.18. The molecule has 0 radical (unpaired) electrons. The number of amides is 4. The second-order valence-electron chi connectivity index (χ2n) is 12.1. The fraction of sp³-hybridized carbons (Fsp3) is 0.371. The minimum Gasteiger partial charge on any atom is -0.445 e. The minimum absolute atomic E-state index is 0.0606. The number of anilines is 1. The summed E-state index contributed by atoms with van der Waals surface area (Å²) >= 11 is 1.14. The minimum atomic E-state index is -0.853. The molecule has 3 aliphatic rings. The van der Waals surface area contributed by atoms with Gasteiger partial charge in [0.1, 0.15) is 24.7 Å². The van der Waals surface area contributed by atoms with E-state index >= 15 is 0 Å². The Morgan fingerprint density at radius 3 is 2.40 bits per heavy atom. The number of β-lactam (4-membered cyclic amide) rings is 1. The van der Waals surface area contributed by atoms with Gasteiger partial charge in [-0.15, -0.1) is 11.3 Å². The molecule has 1 aromatic heterocycles. The number of thiazole rings is 1. The molecule has 262 valence electrons. The summed E-state index contributed by atoms with van der Waals surface area (Å²) in [7, 11) is 1.45. The van der Waals surface area contributed by atoms with Gasteiger partial charge >= 0.3 is 6.09 Å². The van der Waals surface area contributed by atoms with Crippen LogP contribution in [0.4, 0.5) is 9.93 Å². The van der Waals surface area contributed by atoms with Crippen LogP contribution in [0.15, 0.2) is 83.0 Å². The quantitative estimate of drug-likeness (QED) is 0.0685. The number of carbonyl (C=O) groups excluding carboxylic acids is 4. The number of piperazine rings is 1. The number of rotatable bonds is 13. The summed E-state index contributed by atoms with van der Waals surface area (Å²) in [4.78, 5) is 67.0. The number of likely N-dealkylation sites (N-methyl/N-ethyl adjacent to an activating group) is 1. The molecule has 13 nitrogen and oxygen atoms in total. The first-order chi connectivity index (χ1) is 24.4. The van der Waals surface area contributed by atoms with Crippen LogP contribution in [0.2, 0.25) is 0 Å². The van der Waals surface area contributed by atoms with Crippen molar-refractivity contribution in [2.45, 2.75) is 30.0 Å². The highest BCUT2D eigenvalue weighted by Gasteiger charge is 2.62. The van der Waals surface area contributed by atoms with E-state index in [2.05, 4.69) is 49.9 Å². The van der Waals surface area contributed by atoms with Gasteiger partial charge in [-0.25, -0.2) is 9.78 Å². The van der Waals surface area contributed by atoms with Crippen molar-refractivity contribution in [3.63, 3.8) is 0 Å². The molecule has 0 spiro atoms. The van der Waals surface area contributed by atoms with Crippen molar-refractivity contribution in [1.82, 2.24) is 25.0 Å². The number of nitrogens with one attached hydrogen (secondary N) is 2. The lowest BCUT2D eigenvalue weighted by Crippen LogP contribution is -2.73. The number of ether oxygens (including phenoxy) is 1. The van der Waals surface area contributed by atoms with Crippen molar-refractivity contribution in [2.24, 2.45) is 5.16 Å². The third-order valence-electron chi connectivity index (χ3n) is 8.60.